The molecule has 138 valence electrons. The van der Waals surface area contributed by atoms with E-state index in [1.807, 2.05) is 54.8 Å². The molecule has 2 aliphatic rings. The average molecular weight is 381 g/mol. The third-order valence-electron chi connectivity index (χ3n) is 4.71. The minimum Gasteiger partial charge on any atom is -0.381 e. The lowest BCUT2D eigenvalue weighted by atomic mass is 10.1. The molecule has 0 radical (unpaired) electrons. The number of pyridine rings is 1. The van der Waals surface area contributed by atoms with E-state index in [0.29, 0.717) is 11.9 Å². The number of amides is 1. The molecule has 0 unspecified atom stereocenters. The second kappa shape index (κ2) is 9.03. The number of anilines is 2. The third kappa shape index (κ3) is 5.20. The van der Waals surface area contributed by atoms with Crippen molar-refractivity contribution in [2.75, 3.05) is 54.7 Å². The van der Waals surface area contributed by atoms with Gasteiger partial charge in [-0.25, -0.2) is 4.98 Å². The number of carbonyl (C=O) groups excluding carboxylic acids is 1. The predicted molar refractivity (Wildman–Crippen MR) is 110 cm³/mol. The Morgan fingerprint density at radius 3 is 2.84 bits per heavy atom. The van der Waals surface area contributed by atoms with Crippen LogP contribution in [0.25, 0.3) is 0 Å². The Balaban J connectivity index is 1.51. The summed E-state index contributed by atoms with van der Waals surface area (Å²) in [6.07, 6.45) is 5.08. The zero-order chi connectivity index (χ0) is 17.6. The number of thioether (sulfide) groups is 2. The largest absolute Gasteiger partial charge is 0.381 e. The smallest absolute Gasteiger partial charge is 0.236 e. The van der Waals surface area contributed by atoms with Gasteiger partial charge in [0.25, 0.3) is 0 Å². The Labute approximate surface area is 159 Å². The van der Waals surface area contributed by atoms with Crippen molar-refractivity contribution in [2.45, 2.75) is 30.6 Å². The van der Waals surface area contributed by atoms with E-state index in [-0.39, 0.29) is 5.25 Å². The number of nitrogens with zero attached hydrogens (tertiary/aromatic N) is 3. The van der Waals surface area contributed by atoms with Crippen LogP contribution < -0.4 is 10.2 Å². The normalized spacial score (nSPS) is 24.5. The number of aromatic nitrogens is 1. The van der Waals surface area contributed by atoms with Gasteiger partial charge in [-0.3, -0.25) is 4.79 Å². The number of hydrogen-bond donors (Lipinski definition) is 1. The fourth-order valence-corrected chi connectivity index (χ4v) is 5.90. The molecule has 0 bridgehead atoms. The molecule has 5 nitrogen and oxygen atoms in total. The van der Waals surface area contributed by atoms with E-state index >= 15 is 0 Å². The maximum absolute atomic E-state index is 12.7. The van der Waals surface area contributed by atoms with Crippen LogP contribution in [0.15, 0.2) is 18.3 Å². The quantitative estimate of drug-likeness (QED) is 0.867. The molecule has 1 N–H and O–H groups in total. The van der Waals surface area contributed by atoms with Crippen molar-refractivity contribution >= 4 is 40.9 Å². The van der Waals surface area contributed by atoms with Crippen LogP contribution >= 0.6 is 23.5 Å². The average Bonchev–Trinajstić information content (AvgIpc) is 2.88. The van der Waals surface area contributed by atoms with Gasteiger partial charge in [-0.2, -0.15) is 11.8 Å². The van der Waals surface area contributed by atoms with E-state index in [4.69, 9.17) is 0 Å². The Morgan fingerprint density at radius 1 is 1.28 bits per heavy atom. The van der Waals surface area contributed by atoms with Crippen molar-refractivity contribution in [1.29, 1.82) is 0 Å². The van der Waals surface area contributed by atoms with E-state index in [9.17, 15) is 4.79 Å². The lowest BCUT2D eigenvalue weighted by Gasteiger charge is -2.28. The van der Waals surface area contributed by atoms with Gasteiger partial charge in [-0.1, -0.05) is 0 Å². The van der Waals surface area contributed by atoms with E-state index in [2.05, 4.69) is 21.3 Å². The van der Waals surface area contributed by atoms with Gasteiger partial charge in [0.1, 0.15) is 5.82 Å². The van der Waals surface area contributed by atoms with Crippen LogP contribution in [0.3, 0.4) is 0 Å². The maximum atomic E-state index is 12.7. The molecule has 3 heterocycles. The first-order valence-corrected chi connectivity index (χ1v) is 11.2. The lowest BCUT2D eigenvalue weighted by Crippen LogP contribution is -2.41. The van der Waals surface area contributed by atoms with Gasteiger partial charge in [-0.15, -0.1) is 11.8 Å². The molecule has 1 aromatic rings. The van der Waals surface area contributed by atoms with E-state index in [1.165, 1.54) is 5.75 Å². The summed E-state index contributed by atoms with van der Waals surface area (Å²) in [6, 6.07) is 4.54. The Morgan fingerprint density at radius 2 is 2.16 bits per heavy atom. The van der Waals surface area contributed by atoms with Crippen molar-refractivity contribution in [3.8, 4) is 0 Å². The van der Waals surface area contributed by atoms with Gasteiger partial charge in [0, 0.05) is 50.5 Å². The Hall–Kier alpha value is -1.08. The minimum absolute atomic E-state index is 0.172. The number of nitrogens with one attached hydrogen (secondary N) is 1. The monoisotopic (exact) mass is 380 g/mol. The molecule has 25 heavy (non-hydrogen) atoms. The molecule has 7 heteroatoms. The van der Waals surface area contributed by atoms with E-state index < -0.39 is 0 Å². The zero-order valence-corrected chi connectivity index (χ0v) is 16.7. The number of rotatable bonds is 4. The fourth-order valence-electron chi connectivity index (χ4n) is 3.27. The van der Waals surface area contributed by atoms with Crippen LogP contribution in [0.4, 0.5) is 11.5 Å². The van der Waals surface area contributed by atoms with Crippen LogP contribution in [0.2, 0.25) is 0 Å². The summed E-state index contributed by atoms with van der Waals surface area (Å²) in [5, 5.41) is 3.77. The molecule has 2 aliphatic heterocycles. The van der Waals surface area contributed by atoms with Gasteiger partial charge in [0.05, 0.1) is 17.1 Å². The molecule has 3 rings (SSSR count). The van der Waals surface area contributed by atoms with E-state index in [1.54, 1.807) is 0 Å². The van der Waals surface area contributed by atoms with Gasteiger partial charge in [0.2, 0.25) is 5.91 Å². The van der Waals surface area contributed by atoms with Crippen LogP contribution in [0.5, 0.6) is 0 Å². The Bertz CT molecular complexity index is 561. The van der Waals surface area contributed by atoms with Crippen molar-refractivity contribution < 1.29 is 4.79 Å². The Kier molecular flexibility index (Phi) is 6.76. The van der Waals surface area contributed by atoms with Crippen molar-refractivity contribution in [1.82, 2.24) is 9.88 Å². The first kappa shape index (κ1) is 18.7. The summed E-state index contributed by atoms with van der Waals surface area (Å²) in [4.78, 5) is 21.3. The van der Waals surface area contributed by atoms with Gasteiger partial charge in [0.15, 0.2) is 0 Å². The third-order valence-corrected chi connectivity index (χ3v) is 7.45. The highest BCUT2D eigenvalue weighted by molar-refractivity contribution is 8.07. The van der Waals surface area contributed by atoms with Gasteiger partial charge < -0.3 is 15.1 Å². The van der Waals surface area contributed by atoms with E-state index in [0.717, 1.165) is 55.4 Å². The summed E-state index contributed by atoms with van der Waals surface area (Å²) in [5.41, 5.74) is 1.06. The summed E-state index contributed by atoms with van der Waals surface area (Å²) in [7, 11) is 3.99. The zero-order valence-electron chi connectivity index (χ0n) is 15.1. The van der Waals surface area contributed by atoms with Crippen molar-refractivity contribution in [3.05, 3.63) is 18.3 Å². The maximum Gasteiger partial charge on any atom is 0.236 e. The summed E-state index contributed by atoms with van der Waals surface area (Å²) < 4.78 is 0. The highest BCUT2D eigenvalue weighted by atomic mass is 32.2. The molecule has 0 saturated carbocycles. The standard InChI is InChI=1S/C18H28N4OS2/c1-21(2)17-6-5-15(12-19-17)20-14-4-3-8-22(9-7-14)18(23)16-13-24-10-11-25-16/h5-6,12,14,16,20H,3-4,7-11,13H2,1-2H3/t14-,16+/m1/s1. The van der Waals surface area contributed by atoms with Crippen LogP contribution in [-0.2, 0) is 4.79 Å². The second-order valence-corrected chi connectivity index (χ2v) is 9.29. The van der Waals surface area contributed by atoms with Crippen molar-refractivity contribution in [3.63, 3.8) is 0 Å². The molecular weight excluding hydrogens is 352 g/mol. The molecule has 0 aliphatic carbocycles. The second-order valence-electron chi connectivity index (χ2n) is 6.83. The first-order valence-electron chi connectivity index (χ1n) is 9.01. The van der Waals surface area contributed by atoms with Crippen LogP contribution in [-0.4, -0.2) is 71.5 Å². The molecule has 0 aromatic carbocycles. The summed E-state index contributed by atoms with van der Waals surface area (Å²) >= 11 is 3.75. The summed E-state index contributed by atoms with van der Waals surface area (Å²) in [6.45, 7) is 1.76. The highest BCUT2D eigenvalue weighted by Gasteiger charge is 2.28. The SMILES string of the molecule is CN(C)c1ccc(N[C@@H]2CCCN(C(=O)[C@@H]3CSCCS3)CC2)cn1. The topological polar surface area (TPSA) is 48.5 Å². The lowest BCUT2D eigenvalue weighted by molar-refractivity contribution is -0.130. The predicted octanol–water partition coefficient (Wildman–Crippen LogP) is 2.79. The number of hydrogen-bond acceptors (Lipinski definition) is 6. The van der Waals surface area contributed by atoms with Crippen LogP contribution in [0.1, 0.15) is 19.3 Å². The van der Waals surface area contributed by atoms with Crippen molar-refractivity contribution in [2.24, 2.45) is 0 Å². The minimum atomic E-state index is 0.172. The fraction of sp³-hybridized carbons (Fsp3) is 0.667. The molecule has 1 aromatic heterocycles. The molecule has 0 spiro atoms. The molecule has 1 amide bonds. The first-order chi connectivity index (χ1) is 12.1. The van der Waals surface area contributed by atoms with Gasteiger partial charge >= 0.3 is 0 Å². The highest BCUT2D eigenvalue weighted by Crippen LogP contribution is 2.27. The van der Waals surface area contributed by atoms with Crippen LogP contribution in [0, 0.1) is 0 Å². The number of carbonyl (C=O) groups is 1. The molecular formula is C18H28N4OS2. The molecule has 2 fully saturated rings. The molecule has 2 atom stereocenters. The molecule has 2 saturated heterocycles. The van der Waals surface area contributed by atoms with Gasteiger partial charge in [-0.05, 0) is 31.4 Å². The summed E-state index contributed by atoms with van der Waals surface area (Å²) in [5.74, 6) is 4.59. The number of likely N-dealkylation sites (tertiary alicyclic amines) is 1.